The van der Waals surface area contributed by atoms with Crippen molar-refractivity contribution in [1.29, 1.82) is 0 Å². The Kier molecular flexibility index (Phi) is 8.60. The van der Waals surface area contributed by atoms with Gasteiger partial charge in [0.15, 0.2) is 16.6 Å². The van der Waals surface area contributed by atoms with Crippen molar-refractivity contribution in [3.63, 3.8) is 0 Å². The zero-order chi connectivity index (χ0) is 24.4. The van der Waals surface area contributed by atoms with Crippen LogP contribution in [0, 0.1) is 0 Å². The highest BCUT2D eigenvalue weighted by Crippen LogP contribution is 2.40. The van der Waals surface area contributed by atoms with E-state index < -0.39 is 16.6 Å². The molecule has 0 radical (unpaired) electrons. The topological polar surface area (TPSA) is 60.3 Å². The highest BCUT2D eigenvalue weighted by atomic mass is 28.4. The largest absolute Gasteiger partial charge is 0.471 e. The minimum Gasteiger partial charge on any atom is -0.471 e. The molecule has 0 amide bonds. The van der Waals surface area contributed by atoms with Crippen LogP contribution in [0.4, 0.5) is 0 Å². The average Bonchev–Trinajstić information content (AvgIpc) is 2.67. The van der Waals surface area contributed by atoms with Gasteiger partial charge in [-0.15, -0.1) is 0 Å². The third kappa shape index (κ3) is 6.53. The van der Waals surface area contributed by atoms with Crippen LogP contribution in [0.5, 0.6) is 0 Å². The molecule has 5 nitrogen and oxygen atoms in total. The predicted octanol–water partition coefficient (Wildman–Crippen LogP) is 6.00. The molecule has 3 atom stereocenters. The van der Waals surface area contributed by atoms with Gasteiger partial charge in [0.25, 0.3) is 0 Å². The summed E-state index contributed by atoms with van der Waals surface area (Å²) in [4.78, 5) is 5.02. The Balaban J connectivity index is 2.44. The number of aliphatic hydroxyl groups is 1. The van der Waals surface area contributed by atoms with Gasteiger partial charge in [0, 0.05) is 18.6 Å². The van der Waals surface area contributed by atoms with Crippen LogP contribution in [0.1, 0.15) is 53.5 Å². The maximum atomic E-state index is 9.81. The molecule has 1 aliphatic heterocycles. The van der Waals surface area contributed by atoms with Gasteiger partial charge in [-0.1, -0.05) is 59.7 Å². The molecule has 0 spiro atoms. The van der Waals surface area contributed by atoms with E-state index in [1.807, 2.05) is 30.3 Å². The smallest absolute Gasteiger partial charge is 0.216 e. The maximum Gasteiger partial charge on any atom is 0.216 e. The molecule has 1 aromatic rings. The molecule has 0 unspecified atom stereocenters. The fourth-order valence-electron chi connectivity index (χ4n) is 3.10. The van der Waals surface area contributed by atoms with Crippen LogP contribution in [0.25, 0.3) is 0 Å². The normalized spacial score (nSPS) is 23.0. The van der Waals surface area contributed by atoms with Gasteiger partial charge in [-0.3, -0.25) is 0 Å². The third-order valence-electron chi connectivity index (χ3n) is 7.38. The minimum atomic E-state index is -2.09. The second-order valence-electron chi connectivity index (χ2n) is 12.0. The lowest BCUT2D eigenvalue weighted by molar-refractivity contribution is -0.0150. The molecule has 182 valence electrons. The molecule has 2 rings (SSSR count). The molecular formula is C25H45NO4Si2. The highest BCUT2D eigenvalue weighted by Gasteiger charge is 2.46. The van der Waals surface area contributed by atoms with Gasteiger partial charge in [0.05, 0.1) is 6.61 Å². The molecule has 0 aliphatic carbocycles. The molecular weight excluding hydrogens is 434 g/mol. The van der Waals surface area contributed by atoms with E-state index in [0.717, 1.165) is 5.56 Å². The average molecular weight is 480 g/mol. The van der Waals surface area contributed by atoms with Gasteiger partial charge in [0.2, 0.25) is 5.90 Å². The Morgan fingerprint density at radius 3 is 2.00 bits per heavy atom. The van der Waals surface area contributed by atoms with Crippen molar-refractivity contribution >= 4 is 22.5 Å². The summed E-state index contributed by atoms with van der Waals surface area (Å²) >= 11 is 0. The first-order chi connectivity index (χ1) is 14.6. The lowest BCUT2D eigenvalue weighted by Crippen LogP contribution is -2.56. The van der Waals surface area contributed by atoms with Gasteiger partial charge in [-0.05, 0) is 48.4 Å². The van der Waals surface area contributed by atoms with E-state index >= 15 is 0 Å². The predicted molar refractivity (Wildman–Crippen MR) is 139 cm³/mol. The van der Waals surface area contributed by atoms with E-state index in [9.17, 15) is 5.11 Å². The second kappa shape index (κ2) is 10.1. The highest BCUT2D eigenvalue weighted by molar-refractivity contribution is 6.74. The number of ether oxygens (including phenoxy) is 1. The van der Waals surface area contributed by atoms with Crippen LogP contribution in [-0.4, -0.2) is 59.1 Å². The molecule has 0 bridgehead atoms. The molecule has 32 heavy (non-hydrogen) atoms. The van der Waals surface area contributed by atoms with Gasteiger partial charge in [-0.2, -0.15) is 0 Å². The summed E-state index contributed by atoms with van der Waals surface area (Å²) < 4.78 is 19.9. The Labute approximate surface area is 197 Å². The number of aliphatic hydroxyl groups excluding tert-OH is 1. The molecule has 1 aliphatic rings. The summed E-state index contributed by atoms with van der Waals surface area (Å²) in [5.41, 5.74) is 0.943. The van der Waals surface area contributed by atoms with Crippen molar-refractivity contribution in [3.8, 4) is 0 Å². The number of aliphatic imine (C=N–C) groups is 1. The lowest BCUT2D eigenvalue weighted by atomic mass is 10.0. The van der Waals surface area contributed by atoms with Gasteiger partial charge >= 0.3 is 0 Å². The van der Waals surface area contributed by atoms with Crippen LogP contribution in [0.2, 0.25) is 36.3 Å². The van der Waals surface area contributed by atoms with Crippen LogP contribution in [0.15, 0.2) is 35.3 Å². The van der Waals surface area contributed by atoms with Gasteiger partial charge in [0.1, 0.15) is 18.2 Å². The monoisotopic (exact) mass is 479 g/mol. The minimum absolute atomic E-state index is 0.0416. The van der Waals surface area contributed by atoms with Crippen LogP contribution in [-0.2, 0) is 13.6 Å². The number of benzene rings is 1. The molecule has 0 fully saturated rings. The van der Waals surface area contributed by atoms with E-state index in [4.69, 9.17) is 18.6 Å². The quantitative estimate of drug-likeness (QED) is 0.465. The van der Waals surface area contributed by atoms with E-state index in [1.165, 1.54) is 0 Å². The molecule has 1 N–H and O–H groups in total. The van der Waals surface area contributed by atoms with Crippen LogP contribution in [0.3, 0.4) is 0 Å². The number of hydrogen-bond acceptors (Lipinski definition) is 5. The summed E-state index contributed by atoms with van der Waals surface area (Å²) in [5.74, 6) is 0.614. The second-order valence-corrected chi connectivity index (χ2v) is 21.5. The summed E-state index contributed by atoms with van der Waals surface area (Å²) in [6, 6.07) is 9.80. The zero-order valence-corrected chi connectivity index (χ0v) is 23.9. The number of nitrogens with zero attached hydrogens (tertiary/aromatic N) is 1. The third-order valence-corrected chi connectivity index (χ3v) is 16.4. The molecule has 0 saturated heterocycles. The van der Waals surface area contributed by atoms with Crippen molar-refractivity contribution in [2.45, 2.75) is 102 Å². The Bertz CT molecular complexity index is 766. The van der Waals surface area contributed by atoms with E-state index in [-0.39, 0.29) is 34.9 Å². The molecule has 0 saturated carbocycles. The van der Waals surface area contributed by atoms with Crippen molar-refractivity contribution < 1.29 is 18.7 Å². The standard InChI is InChI=1S/C25H45NO4Si2/c1-24(2,3)31(7,8)28-18-20-22(30-32(9,10)25(4,5)6)21(16-17-27)29-23(26-20)19-14-12-11-13-15-19/h11-15,20-22,27H,16-18H2,1-10H3/t20-,21-,22-/m1/s1. The number of rotatable bonds is 8. The maximum absolute atomic E-state index is 9.81. The zero-order valence-electron chi connectivity index (χ0n) is 21.9. The van der Waals surface area contributed by atoms with Crippen molar-refractivity contribution in [1.82, 2.24) is 0 Å². The first-order valence-electron chi connectivity index (χ1n) is 11.8. The fourth-order valence-corrected chi connectivity index (χ4v) is 5.46. The van der Waals surface area contributed by atoms with E-state index in [0.29, 0.717) is 18.9 Å². The van der Waals surface area contributed by atoms with Crippen molar-refractivity contribution in [2.75, 3.05) is 13.2 Å². The molecule has 7 heteroatoms. The van der Waals surface area contributed by atoms with E-state index in [2.05, 4.69) is 67.7 Å². The first-order valence-corrected chi connectivity index (χ1v) is 17.6. The summed E-state index contributed by atoms with van der Waals surface area (Å²) in [6.07, 6.45) is -0.0167. The van der Waals surface area contributed by atoms with Crippen LogP contribution >= 0.6 is 0 Å². The molecule has 0 aromatic heterocycles. The van der Waals surface area contributed by atoms with Crippen molar-refractivity contribution in [2.24, 2.45) is 4.99 Å². The van der Waals surface area contributed by atoms with E-state index in [1.54, 1.807) is 0 Å². The summed E-state index contributed by atoms with van der Waals surface area (Å²) in [6.45, 7) is 23.1. The Morgan fingerprint density at radius 1 is 0.938 bits per heavy atom. The summed E-state index contributed by atoms with van der Waals surface area (Å²) in [5, 5.41) is 9.99. The SMILES string of the molecule is CC(C)(C)[Si](C)(C)OC[C@H]1N=C(c2ccccc2)O[C@H](CCO)[C@@H]1O[Si](C)(C)C(C)(C)C. The fraction of sp³-hybridized carbons (Fsp3) is 0.720. The Morgan fingerprint density at radius 2 is 1.50 bits per heavy atom. The molecule has 1 heterocycles. The Hall–Kier alpha value is -0.996. The lowest BCUT2D eigenvalue weighted by Gasteiger charge is -2.45. The van der Waals surface area contributed by atoms with Crippen molar-refractivity contribution in [3.05, 3.63) is 35.9 Å². The molecule has 1 aromatic carbocycles. The number of hydrogen-bond donors (Lipinski definition) is 1. The van der Waals surface area contributed by atoms with Gasteiger partial charge in [-0.25, -0.2) is 4.99 Å². The summed E-state index contributed by atoms with van der Waals surface area (Å²) in [7, 11) is -4.05. The van der Waals surface area contributed by atoms with Gasteiger partial charge < -0.3 is 18.7 Å². The first kappa shape index (κ1) is 27.2. The van der Waals surface area contributed by atoms with Crippen LogP contribution < -0.4 is 0 Å².